The number of benzene rings is 2. The minimum atomic E-state index is 0.421. The van der Waals surface area contributed by atoms with Crippen molar-refractivity contribution < 1.29 is 0 Å². The van der Waals surface area contributed by atoms with Crippen LogP contribution in [-0.2, 0) is 0 Å². The second-order valence-corrected chi connectivity index (χ2v) is 5.99. The molecule has 1 aliphatic carbocycles. The van der Waals surface area contributed by atoms with Crippen LogP contribution in [0.25, 0.3) is 17.2 Å². The fourth-order valence-electron chi connectivity index (χ4n) is 2.97. The number of hydrogen-bond donors (Lipinski definition) is 1. The van der Waals surface area contributed by atoms with Gasteiger partial charge in [-0.15, -0.1) is 0 Å². The number of fused-ring (bicyclic) bond motifs is 1. The van der Waals surface area contributed by atoms with Gasteiger partial charge in [0.05, 0.1) is 12.5 Å². The number of allylic oxidation sites excluding steroid dienone is 3. The van der Waals surface area contributed by atoms with E-state index in [2.05, 4.69) is 42.6 Å². The van der Waals surface area contributed by atoms with Crippen molar-refractivity contribution in [2.75, 3.05) is 12.4 Å². The molecule has 0 unspecified atom stereocenters. The third kappa shape index (κ3) is 2.88. The number of anilines is 1. The number of hydrogen-bond acceptors (Lipinski definition) is 2. The molecule has 23 heavy (non-hydrogen) atoms. The maximum absolute atomic E-state index is 9.17. The van der Waals surface area contributed by atoms with Crippen LogP contribution < -0.4 is 5.32 Å². The zero-order valence-corrected chi connectivity index (χ0v) is 13.9. The van der Waals surface area contributed by atoms with E-state index >= 15 is 0 Å². The Balaban J connectivity index is 2.15. The molecule has 0 saturated heterocycles. The number of rotatable bonds is 3. The van der Waals surface area contributed by atoms with Crippen LogP contribution in [0.1, 0.15) is 30.0 Å². The third-order valence-electron chi connectivity index (χ3n) is 4.22. The second kappa shape index (κ2) is 6.32. The number of halogens is 1. The summed E-state index contributed by atoms with van der Waals surface area (Å²) in [5.41, 5.74) is 7.95. The van der Waals surface area contributed by atoms with Crippen LogP contribution in [0, 0.1) is 11.3 Å². The van der Waals surface area contributed by atoms with Crippen LogP contribution in [0.5, 0.6) is 0 Å². The summed E-state index contributed by atoms with van der Waals surface area (Å²) in [4.78, 5) is 0. The van der Waals surface area contributed by atoms with Gasteiger partial charge in [0.2, 0.25) is 0 Å². The van der Waals surface area contributed by atoms with Gasteiger partial charge in [-0.25, -0.2) is 0 Å². The topological polar surface area (TPSA) is 35.8 Å². The molecular formula is C20H17ClN2. The molecule has 0 aliphatic heterocycles. The highest BCUT2D eigenvalue weighted by atomic mass is 35.5. The lowest BCUT2D eigenvalue weighted by Gasteiger charge is -2.07. The molecule has 0 atom stereocenters. The normalized spacial score (nSPS) is 14.8. The van der Waals surface area contributed by atoms with Gasteiger partial charge in [0.1, 0.15) is 0 Å². The summed E-state index contributed by atoms with van der Waals surface area (Å²) >= 11 is 5.96. The molecule has 2 nitrogen and oxygen atoms in total. The van der Waals surface area contributed by atoms with Crippen LogP contribution in [0.2, 0.25) is 5.02 Å². The Morgan fingerprint density at radius 1 is 1.13 bits per heavy atom. The van der Waals surface area contributed by atoms with Crippen LogP contribution >= 0.6 is 11.6 Å². The predicted octanol–water partition coefficient (Wildman–Crippen LogP) is 5.62. The Morgan fingerprint density at radius 2 is 1.87 bits per heavy atom. The highest BCUT2D eigenvalue weighted by Gasteiger charge is 2.23. The summed E-state index contributed by atoms with van der Waals surface area (Å²) in [5.74, 6) is 0. The van der Waals surface area contributed by atoms with Gasteiger partial charge in [-0.2, -0.15) is 5.26 Å². The summed E-state index contributed by atoms with van der Waals surface area (Å²) in [7, 11) is 1.90. The maximum atomic E-state index is 9.17. The van der Waals surface area contributed by atoms with Gasteiger partial charge in [-0.1, -0.05) is 29.8 Å². The molecular weight excluding hydrogens is 304 g/mol. The van der Waals surface area contributed by atoms with Crippen molar-refractivity contribution in [1.29, 1.82) is 5.26 Å². The smallest absolute Gasteiger partial charge is 0.0670 e. The van der Waals surface area contributed by atoms with Crippen LogP contribution in [-0.4, -0.2) is 7.05 Å². The van der Waals surface area contributed by atoms with Crippen LogP contribution in [0.3, 0.4) is 0 Å². The fourth-order valence-corrected chi connectivity index (χ4v) is 3.10. The van der Waals surface area contributed by atoms with Crippen molar-refractivity contribution >= 4 is 34.5 Å². The first-order valence-electron chi connectivity index (χ1n) is 7.51. The van der Waals surface area contributed by atoms with Gasteiger partial charge in [0.15, 0.2) is 0 Å². The molecule has 0 aromatic heterocycles. The van der Waals surface area contributed by atoms with Gasteiger partial charge in [0.25, 0.3) is 0 Å². The van der Waals surface area contributed by atoms with E-state index in [0.29, 0.717) is 6.42 Å². The van der Waals surface area contributed by atoms with E-state index in [-0.39, 0.29) is 0 Å². The molecule has 0 spiro atoms. The largest absolute Gasteiger partial charge is 0.388 e. The Labute approximate surface area is 141 Å². The summed E-state index contributed by atoms with van der Waals surface area (Å²) in [6.07, 6.45) is 2.58. The molecule has 0 bridgehead atoms. The average molecular weight is 321 g/mol. The quantitative estimate of drug-likeness (QED) is 0.796. The first kappa shape index (κ1) is 15.4. The van der Waals surface area contributed by atoms with E-state index in [1.165, 1.54) is 16.7 Å². The first-order chi connectivity index (χ1) is 11.1. The zero-order valence-electron chi connectivity index (χ0n) is 13.2. The van der Waals surface area contributed by atoms with Gasteiger partial charge in [-0.05, 0) is 70.7 Å². The number of nitrogens with zero attached hydrogens (tertiary/aromatic N) is 1. The molecule has 3 rings (SSSR count). The van der Waals surface area contributed by atoms with Crippen molar-refractivity contribution in [2.45, 2.75) is 13.3 Å². The van der Waals surface area contributed by atoms with Crippen molar-refractivity contribution in [1.82, 2.24) is 0 Å². The highest BCUT2D eigenvalue weighted by Crippen LogP contribution is 2.44. The number of nitriles is 1. The molecule has 0 heterocycles. The van der Waals surface area contributed by atoms with E-state index < -0.39 is 0 Å². The van der Waals surface area contributed by atoms with E-state index in [1.807, 2.05) is 31.3 Å². The molecule has 3 heteroatoms. The molecule has 2 aromatic carbocycles. The van der Waals surface area contributed by atoms with Crippen molar-refractivity contribution in [3.8, 4) is 6.07 Å². The van der Waals surface area contributed by atoms with Crippen molar-refractivity contribution in [3.63, 3.8) is 0 Å². The zero-order chi connectivity index (χ0) is 16.4. The van der Waals surface area contributed by atoms with Gasteiger partial charge in [-0.3, -0.25) is 0 Å². The molecule has 0 amide bonds. The molecule has 0 saturated carbocycles. The van der Waals surface area contributed by atoms with Gasteiger partial charge < -0.3 is 5.32 Å². The standard InChI is InChI=1S/C20H17ClN2/c1-13-17(9-10-22)20-12-16(23-2)7-8-18(20)19(13)11-14-3-5-15(21)6-4-14/h3-8,11-12,23H,9H2,1-2H3. The summed E-state index contributed by atoms with van der Waals surface area (Å²) < 4.78 is 0. The number of nitrogens with one attached hydrogen (secondary N) is 1. The Bertz CT molecular complexity index is 852. The fraction of sp³-hybridized carbons (Fsp3) is 0.150. The van der Waals surface area contributed by atoms with Crippen LogP contribution in [0.15, 0.2) is 48.0 Å². The molecule has 114 valence electrons. The summed E-state index contributed by atoms with van der Waals surface area (Å²) in [6.45, 7) is 2.09. The van der Waals surface area contributed by atoms with Crippen LogP contribution in [0.4, 0.5) is 5.69 Å². The minimum Gasteiger partial charge on any atom is -0.388 e. The lowest BCUT2D eigenvalue weighted by molar-refractivity contribution is 1.34. The summed E-state index contributed by atoms with van der Waals surface area (Å²) in [6, 6.07) is 16.4. The monoisotopic (exact) mass is 320 g/mol. The van der Waals surface area contributed by atoms with E-state index in [0.717, 1.165) is 27.4 Å². The Morgan fingerprint density at radius 3 is 2.52 bits per heavy atom. The first-order valence-corrected chi connectivity index (χ1v) is 7.88. The Kier molecular flexibility index (Phi) is 4.23. The van der Waals surface area contributed by atoms with Gasteiger partial charge >= 0.3 is 0 Å². The molecule has 2 aromatic rings. The average Bonchev–Trinajstić information content (AvgIpc) is 2.82. The molecule has 1 aliphatic rings. The molecule has 0 radical (unpaired) electrons. The SMILES string of the molecule is CNc1ccc2c(c1)C(CC#N)=C(C)C2=Cc1ccc(Cl)cc1. The highest BCUT2D eigenvalue weighted by molar-refractivity contribution is 6.30. The molecule has 1 N–H and O–H groups in total. The molecule has 0 fully saturated rings. The van der Waals surface area contributed by atoms with Crippen molar-refractivity contribution in [2.24, 2.45) is 0 Å². The van der Waals surface area contributed by atoms with Crippen molar-refractivity contribution in [3.05, 3.63) is 69.8 Å². The predicted molar refractivity (Wildman–Crippen MR) is 98.1 cm³/mol. The van der Waals surface area contributed by atoms with E-state index in [1.54, 1.807) is 0 Å². The van der Waals surface area contributed by atoms with E-state index in [4.69, 9.17) is 16.9 Å². The third-order valence-corrected chi connectivity index (χ3v) is 4.47. The summed E-state index contributed by atoms with van der Waals surface area (Å²) in [5, 5.41) is 13.1. The maximum Gasteiger partial charge on any atom is 0.0670 e. The minimum absolute atomic E-state index is 0.421. The Hall–Kier alpha value is -2.50. The lowest BCUT2D eigenvalue weighted by atomic mass is 10.00. The second-order valence-electron chi connectivity index (χ2n) is 5.56. The van der Waals surface area contributed by atoms with Gasteiger partial charge in [0, 0.05) is 17.8 Å². The van der Waals surface area contributed by atoms with E-state index in [9.17, 15) is 0 Å². The lowest BCUT2D eigenvalue weighted by Crippen LogP contribution is -1.91.